The first-order valence-electron chi connectivity index (χ1n) is 4.48. The molecule has 80 valence electrons. The largest absolute Gasteiger partial charge is 0.343 e. The van der Waals surface area contributed by atoms with E-state index in [0.717, 1.165) is 18.3 Å². The summed E-state index contributed by atoms with van der Waals surface area (Å²) in [5, 5.41) is 5.48. The van der Waals surface area contributed by atoms with Gasteiger partial charge in [-0.2, -0.15) is 0 Å². The molecule has 1 aliphatic rings. The van der Waals surface area contributed by atoms with Crippen LogP contribution < -0.4 is 10.6 Å². The van der Waals surface area contributed by atoms with Gasteiger partial charge in [0.2, 0.25) is 5.91 Å². The molecule has 14 heavy (non-hydrogen) atoms. The fourth-order valence-corrected chi connectivity index (χ4v) is 1.94. The monoisotopic (exact) mass is 217 g/mol. The SMILES string of the molecule is CNCCN(C)C(=O)C1CSC(=O)N1. The van der Waals surface area contributed by atoms with Crippen molar-refractivity contribution in [1.29, 1.82) is 0 Å². The summed E-state index contributed by atoms with van der Waals surface area (Å²) in [5.74, 6) is 0.528. The average Bonchev–Trinajstić information content (AvgIpc) is 2.60. The quantitative estimate of drug-likeness (QED) is 0.666. The van der Waals surface area contributed by atoms with Gasteiger partial charge in [-0.05, 0) is 7.05 Å². The second-order valence-corrected chi connectivity index (χ2v) is 4.15. The van der Waals surface area contributed by atoms with E-state index >= 15 is 0 Å². The second kappa shape index (κ2) is 5.21. The minimum atomic E-state index is -0.339. The molecule has 1 unspecified atom stereocenters. The van der Waals surface area contributed by atoms with Gasteiger partial charge < -0.3 is 15.5 Å². The van der Waals surface area contributed by atoms with E-state index < -0.39 is 0 Å². The number of nitrogens with one attached hydrogen (secondary N) is 2. The number of thioether (sulfide) groups is 1. The van der Waals surface area contributed by atoms with Crippen LogP contribution in [0.1, 0.15) is 0 Å². The van der Waals surface area contributed by atoms with Crippen LogP contribution in [-0.4, -0.2) is 55.0 Å². The summed E-state index contributed by atoms with van der Waals surface area (Å²) >= 11 is 1.16. The Balaban J connectivity index is 2.36. The first kappa shape index (κ1) is 11.3. The fourth-order valence-electron chi connectivity index (χ4n) is 1.17. The van der Waals surface area contributed by atoms with E-state index in [9.17, 15) is 9.59 Å². The highest BCUT2D eigenvalue weighted by Gasteiger charge is 2.29. The van der Waals surface area contributed by atoms with Crippen LogP contribution in [-0.2, 0) is 4.79 Å². The maximum atomic E-state index is 11.7. The highest BCUT2D eigenvalue weighted by atomic mass is 32.2. The number of carbonyl (C=O) groups is 2. The van der Waals surface area contributed by atoms with Crippen LogP contribution >= 0.6 is 11.8 Å². The van der Waals surface area contributed by atoms with Crippen molar-refractivity contribution >= 4 is 22.9 Å². The molecule has 1 saturated heterocycles. The summed E-state index contributed by atoms with van der Waals surface area (Å²) in [7, 11) is 3.58. The summed E-state index contributed by atoms with van der Waals surface area (Å²) in [6, 6.07) is -0.339. The Hall–Kier alpha value is -0.750. The van der Waals surface area contributed by atoms with Crippen LogP contribution in [0.5, 0.6) is 0 Å². The summed E-state index contributed by atoms with van der Waals surface area (Å²) in [6.45, 7) is 1.42. The van der Waals surface area contributed by atoms with E-state index in [0.29, 0.717) is 12.3 Å². The molecular weight excluding hydrogens is 202 g/mol. The number of likely N-dealkylation sites (N-methyl/N-ethyl adjacent to an activating group) is 2. The van der Waals surface area contributed by atoms with Crippen molar-refractivity contribution in [3.05, 3.63) is 0 Å². The third-order valence-corrected chi connectivity index (χ3v) is 2.92. The molecule has 0 bridgehead atoms. The zero-order valence-electron chi connectivity index (χ0n) is 8.37. The van der Waals surface area contributed by atoms with Gasteiger partial charge in [-0.15, -0.1) is 0 Å². The molecule has 0 aromatic rings. The summed E-state index contributed by atoms with van der Waals surface area (Å²) in [4.78, 5) is 24.2. The van der Waals surface area contributed by atoms with Crippen molar-refractivity contribution in [2.75, 3.05) is 32.9 Å². The molecule has 0 aromatic heterocycles. The van der Waals surface area contributed by atoms with Gasteiger partial charge in [0.1, 0.15) is 6.04 Å². The van der Waals surface area contributed by atoms with Gasteiger partial charge in [-0.25, -0.2) is 0 Å². The fraction of sp³-hybridized carbons (Fsp3) is 0.750. The Morgan fingerprint density at radius 3 is 3.00 bits per heavy atom. The Morgan fingerprint density at radius 2 is 2.50 bits per heavy atom. The standard InChI is InChI=1S/C8H15N3O2S/c1-9-3-4-11(2)7(12)6-5-14-8(13)10-6/h6,9H,3-5H2,1-2H3,(H,10,13). The van der Waals surface area contributed by atoms with E-state index in [1.165, 1.54) is 0 Å². The molecule has 6 heteroatoms. The summed E-state index contributed by atoms with van der Waals surface area (Å²) in [5.41, 5.74) is 0. The minimum Gasteiger partial charge on any atom is -0.343 e. The maximum absolute atomic E-state index is 11.7. The van der Waals surface area contributed by atoms with Crippen LogP contribution in [0.2, 0.25) is 0 Å². The van der Waals surface area contributed by atoms with Crippen molar-refractivity contribution < 1.29 is 9.59 Å². The third kappa shape index (κ3) is 2.88. The average molecular weight is 217 g/mol. The van der Waals surface area contributed by atoms with Crippen molar-refractivity contribution in [1.82, 2.24) is 15.5 Å². The van der Waals surface area contributed by atoms with Gasteiger partial charge in [0.05, 0.1) is 0 Å². The predicted octanol–water partition coefficient (Wildman–Crippen LogP) is -0.511. The number of hydrogen-bond acceptors (Lipinski definition) is 4. The lowest BCUT2D eigenvalue weighted by Crippen LogP contribution is -2.45. The number of carbonyl (C=O) groups excluding carboxylic acids is 2. The molecule has 1 heterocycles. The first-order valence-corrected chi connectivity index (χ1v) is 5.46. The molecule has 0 radical (unpaired) electrons. The zero-order valence-corrected chi connectivity index (χ0v) is 9.19. The van der Waals surface area contributed by atoms with E-state index in [-0.39, 0.29) is 17.2 Å². The van der Waals surface area contributed by atoms with Crippen LogP contribution in [0.25, 0.3) is 0 Å². The minimum absolute atomic E-state index is 0.0152. The smallest absolute Gasteiger partial charge is 0.279 e. The highest BCUT2D eigenvalue weighted by molar-refractivity contribution is 8.14. The molecule has 1 atom stereocenters. The van der Waals surface area contributed by atoms with Gasteiger partial charge >= 0.3 is 0 Å². The molecule has 5 nitrogen and oxygen atoms in total. The molecule has 0 aliphatic carbocycles. The Morgan fingerprint density at radius 1 is 1.79 bits per heavy atom. The van der Waals surface area contributed by atoms with Gasteiger partial charge in [0.25, 0.3) is 5.24 Å². The van der Waals surface area contributed by atoms with Crippen molar-refractivity contribution in [2.45, 2.75) is 6.04 Å². The maximum Gasteiger partial charge on any atom is 0.279 e. The van der Waals surface area contributed by atoms with E-state index in [4.69, 9.17) is 0 Å². The predicted molar refractivity (Wildman–Crippen MR) is 56.3 cm³/mol. The molecule has 0 saturated carbocycles. The second-order valence-electron chi connectivity index (χ2n) is 3.16. The van der Waals surface area contributed by atoms with Crippen LogP contribution in [0, 0.1) is 0 Å². The molecule has 0 spiro atoms. The molecule has 2 amide bonds. The topological polar surface area (TPSA) is 61.4 Å². The Bertz CT molecular complexity index is 235. The Labute approximate surface area is 87.6 Å². The van der Waals surface area contributed by atoms with Crippen LogP contribution in [0.3, 0.4) is 0 Å². The highest BCUT2D eigenvalue weighted by Crippen LogP contribution is 2.14. The molecule has 0 aromatic carbocycles. The van der Waals surface area contributed by atoms with E-state index in [2.05, 4.69) is 10.6 Å². The number of nitrogens with zero attached hydrogens (tertiary/aromatic N) is 1. The van der Waals surface area contributed by atoms with Gasteiger partial charge in [-0.1, -0.05) is 11.8 Å². The molecule has 1 rings (SSSR count). The third-order valence-electron chi connectivity index (χ3n) is 2.04. The summed E-state index contributed by atoms with van der Waals surface area (Å²) < 4.78 is 0. The van der Waals surface area contributed by atoms with Crippen molar-refractivity contribution in [2.24, 2.45) is 0 Å². The van der Waals surface area contributed by atoms with E-state index in [1.54, 1.807) is 11.9 Å². The molecule has 1 fully saturated rings. The van der Waals surface area contributed by atoms with Gasteiger partial charge in [0, 0.05) is 25.9 Å². The van der Waals surface area contributed by atoms with Crippen molar-refractivity contribution in [3.8, 4) is 0 Å². The lowest BCUT2D eigenvalue weighted by molar-refractivity contribution is -0.131. The molecular formula is C8H15N3O2S. The molecule has 1 aliphatic heterocycles. The summed E-state index contributed by atoms with van der Waals surface area (Å²) in [6.07, 6.45) is 0. The lowest BCUT2D eigenvalue weighted by atomic mass is 10.3. The normalized spacial score (nSPS) is 20.7. The first-order chi connectivity index (χ1) is 6.65. The van der Waals surface area contributed by atoms with Gasteiger partial charge in [-0.3, -0.25) is 9.59 Å². The number of amides is 2. The van der Waals surface area contributed by atoms with E-state index in [1.807, 2.05) is 7.05 Å². The number of hydrogen-bond donors (Lipinski definition) is 2. The Kier molecular flexibility index (Phi) is 4.21. The van der Waals surface area contributed by atoms with Crippen molar-refractivity contribution in [3.63, 3.8) is 0 Å². The van der Waals surface area contributed by atoms with Crippen LogP contribution in [0.4, 0.5) is 4.79 Å². The zero-order chi connectivity index (χ0) is 10.6. The van der Waals surface area contributed by atoms with Crippen LogP contribution in [0.15, 0.2) is 0 Å². The number of rotatable bonds is 4. The van der Waals surface area contributed by atoms with Gasteiger partial charge in [0.15, 0.2) is 0 Å². The molecule has 2 N–H and O–H groups in total. The lowest BCUT2D eigenvalue weighted by Gasteiger charge is -2.20.